The van der Waals surface area contributed by atoms with E-state index in [0.29, 0.717) is 12.8 Å². The van der Waals surface area contributed by atoms with Crippen molar-refractivity contribution in [3.63, 3.8) is 0 Å². The van der Waals surface area contributed by atoms with Crippen LogP contribution in [0.15, 0.2) is 0 Å². The summed E-state index contributed by atoms with van der Waals surface area (Å²) in [6.07, 6.45) is 1.78. The summed E-state index contributed by atoms with van der Waals surface area (Å²) in [5, 5.41) is 4.34. The molecule has 2 N–H and O–H groups in total. The van der Waals surface area contributed by atoms with Crippen LogP contribution in [0.1, 0.15) is 40.0 Å². The smallest absolute Gasteiger partial charge is 0.277 e. The molecule has 4 amide bonds. The van der Waals surface area contributed by atoms with Gasteiger partial charge < -0.3 is 0 Å². The van der Waals surface area contributed by atoms with Crippen molar-refractivity contribution in [2.45, 2.75) is 40.0 Å². The van der Waals surface area contributed by atoms with Gasteiger partial charge in [-0.2, -0.15) is 0 Å². The second kappa shape index (κ2) is 4.63. The number of nitrogens with one attached hydrogen (secondary N) is 2. The van der Waals surface area contributed by atoms with Crippen molar-refractivity contribution in [1.82, 2.24) is 10.6 Å². The summed E-state index contributed by atoms with van der Waals surface area (Å²) >= 11 is 0. The van der Waals surface area contributed by atoms with Gasteiger partial charge in [0.1, 0.15) is 5.41 Å². The summed E-state index contributed by atoms with van der Waals surface area (Å²) in [5.41, 5.74) is -1.08. The van der Waals surface area contributed by atoms with Crippen molar-refractivity contribution in [1.29, 1.82) is 0 Å². The van der Waals surface area contributed by atoms with Crippen LogP contribution in [0.2, 0.25) is 0 Å². The van der Waals surface area contributed by atoms with Gasteiger partial charge in [-0.3, -0.25) is 20.2 Å². The second-order valence-corrected chi connectivity index (χ2v) is 4.39. The number of carbonyl (C=O) groups excluding carboxylic acids is 3. The van der Waals surface area contributed by atoms with Gasteiger partial charge in [0.25, 0.3) is 0 Å². The van der Waals surface area contributed by atoms with Gasteiger partial charge >= 0.3 is 6.03 Å². The molecule has 1 aliphatic rings. The predicted octanol–water partition coefficient (Wildman–Crippen LogP) is 1.18. The van der Waals surface area contributed by atoms with E-state index in [9.17, 15) is 14.4 Å². The molecule has 0 saturated carbocycles. The van der Waals surface area contributed by atoms with Crippen LogP contribution in [0.25, 0.3) is 0 Å². The van der Waals surface area contributed by atoms with Gasteiger partial charge in [0.15, 0.2) is 0 Å². The van der Waals surface area contributed by atoms with Gasteiger partial charge in [-0.1, -0.05) is 27.2 Å². The topological polar surface area (TPSA) is 75.3 Å². The van der Waals surface area contributed by atoms with Crippen LogP contribution < -0.4 is 10.6 Å². The van der Waals surface area contributed by atoms with Crippen LogP contribution >= 0.6 is 0 Å². The number of hydrogen-bond donors (Lipinski definition) is 2. The maximum atomic E-state index is 11.8. The van der Waals surface area contributed by atoms with Crippen LogP contribution in [0.4, 0.5) is 4.79 Å². The molecule has 0 aliphatic carbocycles. The highest BCUT2D eigenvalue weighted by Crippen LogP contribution is 2.33. The molecule has 0 aromatic carbocycles. The molecule has 90 valence electrons. The van der Waals surface area contributed by atoms with Crippen molar-refractivity contribution >= 4 is 17.8 Å². The minimum absolute atomic E-state index is 0.268. The van der Waals surface area contributed by atoms with E-state index in [4.69, 9.17) is 0 Å². The second-order valence-electron chi connectivity index (χ2n) is 4.39. The largest absolute Gasteiger partial charge is 0.328 e. The Balaban J connectivity index is 2.96. The Kier molecular flexibility index (Phi) is 3.67. The van der Waals surface area contributed by atoms with Gasteiger partial charge in [-0.15, -0.1) is 0 Å². The van der Waals surface area contributed by atoms with Gasteiger partial charge in [0, 0.05) is 0 Å². The highest BCUT2D eigenvalue weighted by Gasteiger charge is 2.49. The molecule has 0 spiro atoms. The highest BCUT2D eigenvalue weighted by atomic mass is 16.2. The Morgan fingerprint density at radius 1 is 1.12 bits per heavy atom. The zero-order valence-electron chi connectivity index (χ0n) is 9.92. The SMILES string of the molecule is CCC(C)CC1(CC)C(=O)NC(=O)NC1=O. The van der Waals surface area contributed by atoms with Crippen LogP contribution in [-0.2, 0) is 9.59 Å². The number of amides is 4. The Hall–Kier alpha value is -1.39. The third-order valence-electron chi connectivity index (χ3n) is 3.32. The molecule has 5 nitrogen and oxygen atoms in total. The number of carbonyl (C=O) groups is 3. The molecule has 5 heteroatoms. The van der Waals surface area contributed by atoms with E-state index in [1.165, 1.54) is 0 Å². The molecule has 16 heavy (non-hydrogen) atoms. The lowest BCUT2D eigenvalue weighted by atomic mass is 9.74. The van der Waals surface area contributed by atoms with Gasteiger partial charge in [0.05, 0.1) is 0 Å². The quantitative estimate of drug-likeness (QED) is 0.707. The van der Waals surface area contributed by atoms with Crippen molar-refractivity contribution in [3.05, 3.63) is 0 Å². The number of hydrogen-bond acceptors (Lipinski definition) is 3. The lowest BCUT2D eigenvalue weighted by Crippen LogP contribution is -2.62. The van der Waals surface area contributed by atoms with Gasteiger partial charge in [-0.25, -0.2) is 4.79 Å². The molecule has 1 unspecified atom stereocenters. The molecule has 0 aromatic heterocycles. The first-order valence-corrected chi connectivity index (χ1v) is 5.63. The zero-order chi connectivity index (χ0) is 12.3. The minimum atomic E-state index is -1.08. The predicted molar refractivity (Wildman–Crippen MR) is 58.5 cm³/mol. The molecular weight excluding hydrogens is 208 g/mol. The number of rotatable bonds is 4. The first kappa shape index (κ1) is 12.7. The van der Waals surface area contributed by atoms with E-state index < -0.39 is 23.3 Å². The Labute approximate surface area is 95.0 Å². The summed E-state index contributed by atoms with van der Waals surface area (Å²) in [4.78, 5) is 34.6. The lowest BCUT2D eigenvalue weighted by Gasteiger charge is -2.34. The van der Waals surface area contributed by atoms with E-state index in [2.05, 4.69) is 10.6 Å². The van der Waals surface area contributed by atoms with Crippen molar-refractivity contribution in [2.75, 3.05) is 0 Å². The molecule has 0 bridgehead atoms. The molecule has 0 aromatic rings. The molecule has 0 radical (unpaired) electrons. The highest BCUT2D eigenvalue weighted by molar-refractivity contribution is 6.19. The number of urea groups is 1. The molecule has 1 atom stereocenters. The minimum Gasteiger partial charge on any atom is -0.277 e. The van der Waals surface area contributed by atoms with E-state index in [-0.39, 0.29) is 5.92 Å². The fourth-order valence-corrected chi connectivity index (χ4v) is 1.97. The molecule has 1 saturated heterocycles. The summed E-state index contributed by atoms with van der Waals surface area (Å²) in [5.74, 6) is -0.669. The van der Waals surface area contributed by atoms with E-state index >= 15 is 0 Å². The summed E-state index contributed by atoms with van der Waals surface area (Å²) in [6, 6.07) is -0.719. The average molecular weight is 226 g/mol. The number of imide groups is 2. The lowest BCUT2D eigenvalue weighted by molar-refractivity contribution is -0.146. The Morgan fingerprint density at radius 3 is 2.00 bits per heavy atom. The fourth-order valence-electron chi connectivity index (χ4n) is 1.97. The van der Waals surface area contributed by atoms with Gasteiger partial charge in [-0.05, 0) is 18.8 Å². The summed E-state index contributed by atoms with van der Waals surface area (Å²) in [7, 11) is 0. The maximum absolute atomic E-state index is 11.8. The first-order valence-electron chi connectivity index (χ1n) is 5.63. The number of barbiturate groups is 1. The third kappa shape index (κ3) is 2.08. The standard InChI is InChI=1S/C11H18N2O3/c1-4-7(3)6-11(5-2)8(14)12-10(16)13-9(11)15/h7H,4-6H2,1-3H3,(H2,12,13,14,15,16). The summed E-state index contributed by atoms with van der Waals surface area (Å²) < 4.78 is 0. The monoisotopic (exact) mass is 226 g/mol. The van der Waals surface area contributed by atoms with E-state index in [1.54, 1.807) is 6.92 Å². The Bertz CT molecular complexity index is 305. The van der Waals surface area contributed by atoms with Crippen molar-refractivity contribution < 1.29 is 14.4 Å². The van der Waals surface area contributed by atoms with Crippen molar-refractivity contribution in [2.24, 2.45) is 11.3 Å². The molecule has 1 aliphatic heterocycles. The first-order chi connectivity index (χ1) is 7.46. The average Bonchev–Trinajstić information content (AvgIpc) is 2.23. The molecule has 1 fully saturated rings. The Morgan fingerprint density at radius 2 is 1.62 bits per heavy atom. The molecular formula is C11H18N2O3. The molecule has 1 rings (SSSR count). The molecule has 1 heterocycles. The van der Waals surface area contributed by atoms with Crippen LogP contribution in [0.3, 0.4) is 0 Å². The fraction of sp³-hybridized carbons (Fsp3) is 0.727. The zero-order valence-corrected chi connectivity index (χ0v) is 9.92. The van der Waals surface area contributed by atoms with Crippen molar-refractivity contribution in [3.8, 4) is 0 Å². The summed E-state index contributed by atoms with van der Waals surface area (Å²) in [6.45, 7) is 5.80. The third-order valence-corrected chi connectivity index (χ3v) is 3.32. The van der Waals surface area contributed by atoms with E-state index in [0.717, 1.165) is 6.42 Å². The normalized spacial score (nSPS) is 21.3. The van der Waals surface area contributed by atoms with E-state index in [1.807, 2.05) is 13.8 Å². The maximum Gasteiger partial charge on any atom is 0.328 e. The van der Waals surface area contributed by atoms with Crippen LogP contribution in [-0.4, -0.2) is 17.8 Å². The van der Waals surface area contributed by atoms with Gasteiger partial charge in [0.2, 0.25) is 11.8 Å². The van der Waals surface area contributed by atoms with Crippen LogP contribution in [0.5, 0.6) is 0 Å². The van der Waals surface area contributed by atoms with Crippen LogP contribution in [0, 0.1) is 11.3 Å².